The molecule has 0 aromatic heterocycles. The van der Waals surface area contributed by atoms with Crippen molar-refractivity contribution in [2.45, 2.75) is 13.3 Å². The lowest BCUT2D eigenvalue weighted by Crippen LogP contribution is -2.50. The van der Waals surface area contributed by atoms with Gasteiger partial charge in [0.25, 0.3) is 5.91 Å². The lowest BCUT2D eigenvalue weighted by molar-refractivity contribution is -0.132. The Morgan fingerprint density at radius 1 is 1.00 bits per heavy atom. The largest absolute Gasteiger partial charge is 0.454 e. The molecule has 2 heterocycles. The standard InChI is InChI=1S/C23H27N3O4/c1-17-3-2-4-18(13-17)14-22(27)26-11-9-25(10-12-26)8-7-24-23(28)19-5-6-20-21(15-19)30-16-29-20/h2-6,13,15H,7-12,14,16H2,1H3,(H,24,28). The lowest BCUT2D eigenvalue weighted by atomic mass is 10.1. The highest BCUT2D eigenvalue weighted by Crippen LogP contribution is 2.32. The minimum Gasteiger partial charge on any atom is -0.454 e. The van der Waals surface area contributed by atoms with Crippen molar-refractivity contribution in [3.05, 3.63) is 59.2 Å². The molecule has 4 rings (SSSR count). The number of carbonyl (C=O) groups excluding carboxylic acids is 2. The first kappa shape index (κ1) is 20.2. The topological polar surface area (TPSA) is 71.1 Å². The van der Waals surface area contributed by atoms with Crippen LogP contribution in [0.3, 0.4) is 0 Å². The Balaban J connectivity index is 1.18. The summed E-state index contributed by atoms with van der Waals surface area (Å²) in [5, 5.41) is 2.95. The van der Waals surface area contributed by atoms with Gasteiger partial charge < -0.3 is 19.7 Å². The van der Waals surface area contributed by atoms with Gasteiger partial charge in [0.05, 0.1) is 6.42 Å². The summed E-state index contributed by atoms with van der Waals surface area (Å²) in [5.41, 5.74) is 2.80. The summed E-state index contributed by atoms with van der Waals surface area (Å²) in [6, 6.07) is 13.3. The normalized spacial score (nSPS) is 15.8. The summed E-state index contributed by atoms with van der Waals surface area (Å²) in [6.45, 7) is 6.64. The molecule has 0 spiro atoms. The number of aryl methyl sites for hydroxylation is 1. The zero-order valence-corrected chi connectivity index (χ0v) is 17.2. The fourth-order valence-electron chi connectivity index (χ4n) is 3.80. The third kappa shape index (κ3) is 4.91. The van der Waals surface area contributed by atoms with E-state index in [1.54, 1.807) is 18.2 Å². The molecule has 2 aliphatic rings. The van der Waals surface area contributed by atoms with Crippen molar-refractivity contribution < 1.29 is 19.1 Å². The fraction of sp³-hybridized carbons (Fsp3) is 0.391. The maximum atomic E-state index is 12.6. The van der Waals surface area contributed by atoms with Gasteiger partial charge in [-0.05, 0) is 30.7 Å². The predicted octanol–water partition coefficient (Wildman–Crippen LogP) is 1.84. The molecule has 0 saturated carbocycles. The van der Waals surface area contributed by atoms with Crippen LogP contribution in [0.15, 0.2) is 42.5 Å². The van der Waals surface area contributed by atoms with Crippen LogP contribution in [0.4, 0.5) is 0 Å². The Hall–Kier alpha value is -3.06. The van der Waals surface area contributed by atoms with Crippen LogP contribution in [0.2, 0.25) is 0 Å². The van der Waals surface area contributed by atoms with Gasteiger partial charge in [-0.15, -0.1) is 0 Å². The molecule has 158 valence electrons. The minimum absolute atomic E-state index is 0.125. The second-order valence-electron chi connectivity index (χ2n) is 7.71. The highest BCUT2D eigenvalue weighted by Gasteiger charge is 2.21. The molecule has 0 bridgehead atoms. The summed E-state index contributed by atoms with van der Waals surface area (Å²) < 4.78 is 10.6. The van der Waals surface area contributed by atoms with Gasteiger partial charge in [0, 0.05) is 44.8 Å². The summed E-state index contributed by atoms with van der Waals surface area (Å²) in [5.74, 6) is 1.33. The summed E-state index contributed by atoms with van der Waals surface area (Å²) >= 11 is 0. The van der Waals surface area contributed by atoms with Crippen LogP contribution in [0, 0.1) is 6.92 Å². The zero-order valence-electron chi connectivity index (χ0n) is 17.2. The molecule has 2 aliphatic heterocycles. The Labute approximate surface area is 176 Å². The average Bonchev–Trinajstić information content (AvgIpc) is 3.22. The van der Waals surface area contributed by atoms with E-state index in [2.05, 4.69) is 16.3 Å². The number of hydrogen-bond donors (Lipinski definition) is 1. The summed E-state index contributed by atoms with van der Waals surface area (Å²) in [7, 11) is 0. The van der Waals surface area contributed by atoms with E-state index in [0.717, 1.165) is 38.3 Å². The van der Waals surface area contributed by atoms with E-state index in [0.29, 0.717) is 30.0 Å². The molecular weight excluding hydrogens is 382 g/mol. The number of benzene rings is 2. The Kier molecular flexibility index (Phi) is 6.18. The lowest BCUT2D eigenvalue weighted by Gasteiger charge is -2.34. The van der Waals surface area contributed by atoms with Gasteiger partial charge in [0.2, 0.25) is 12.7 Å². The van der Waals surface area contributed by atoms with Crippen LogP contribution < -0.4 is 14.8 Å². The van der Waals surface area contributed by atoms with Crippen molar-refractivity contribution in [3.8, 4) is 11.5 Å². The summed E-state index contributed by atoms with van der Waals surface area (Å²) in [6.07, 6.45) is 0.452. The molecule has 7 heteroatoms. The van der Waals surface area contributed by atoms with Gasteiger partial charge in [-0.3, -0.25) is 14.5 Å². The number of amides is 2. The van der Waals surface area contributed by atoms with Gasteiger partial charge in [-0.1, -0.05) is 29.8 Å². The number of ether oxygens (including phenoxy) is 2. The molecule has 0 aliphatic carbocycles. The van der Waals surface area contributed by atoms with Gasteiger partial charge in [0.15, 0.2) is 11.5 Å². The molecule has 2 amide bonds. The number of carbonyl (C=O) groups is 2. The second-order valence-corrected chi connectivity index (χ2v) is 7.71. The Bertz CT molecular complexity index is 922. The molecule has 1 saturated heterocycles. The van der Waals surface area contributed by atoms with Crippen molar-refractivity contribution in [3.63, 3.8) is 0 Å². The number of nitrogens with zero attached hydrogens (tertiary/aromatic N) is 2. The number of fused-ring (bicyclic) bond motifs is 1. The fourth-order valence-corrected chi connectivity index (χ4v) is 3.80. The number of piperazine rings is 1. The molecule has 1 fully saturated rings. The van der Waals surface area contributed by atoms with Crippen LogP contribution in [0.1, 0.15) is 21.5 Å². The predicted molar refractivity (Wildman–Crippen MR) is 113 cm³/mol. The molecule has 2 aromatic rings. The average molecular weight is 409 g/mol. The number of hydrogen-bond acceptors (Lipinski definition) is 5. The van der Waals surface area contributed by atoms with E-state index in [1.165, 1.54) is 5.56 Å². The first-order valence-corrected chi connectivity index (χ1v) is 10.3. The zero-order chi connectivity index (χ0) is 20.9. The maximum Gasteiger partial charge on any atom is 0.251 e. The third-order valence-electron chi connectivity index (χ3n) is 5.51. The molecule has 0 radical (unpaired) electrons. The van der Waals surface area contributed by atoms with E-state index < -0.39 is 0 Å². The minimum atomic E-state index is -0.125. The number of rotatable bonds is 6. The van der Waals surface area contributed by atoms with E-state index in [-0.39, 0.29) is 18.6 Å². The van der Waals surface area contributed by atoms with Crippen LogP contribution in [-0.2, 0) is 11.2 Å². The van der Waals surface area contributed by atoms with Crippen molar-refractivity contribution in [1.29, 1.82) is 0 Å². The molecular formula is C23H27N3O4. The first-order valence-electron chi connectivity index (χ1n) is 10.3. The van der Waals surface area contributed by atoms with E-state index in [4.69, 9.17) is 9.47 Å². The third-order valence-corrected chi connectivity index (χ3v) is 5.51. The molecule has 0 unspecified atom stereocenters. The molecule has 7 nitrogen and oxygen atoms in total. The van der Waals surface area contributed by atoms with Crippen molar-refractivity contribution in [2.24, 2.45) is 0 Å². The monoisotopic (exact) mass is 409 g/mol. The Morgan fingerprint density at radius 2 is 1.80 bits per heavy atom. The second kappa shape index (κ2) is 9.17. The highest BCUT2D eigenvalue weighted by molar-refractivity contribution is 5.94. The highest BCUT2D eigenvalue weighted by atomic mass is 16.7. The van der Waals surface area contributed by atoms with Crippen LogP contribution in [0.5, 0.6) is 11.5 Å². The quantitative estimate of drug-likeness (QED) is 0.788. The van der Waals surface area contributed by atoms with Crippen molar-refractivity contribution in [2.75, 3.05) is 46.1 Å². The van der Waals surface area contributed by atoms with Crippen LogP contribution in [0.25, 0.3) is 0 Å². The smallest absolute Gasteiger partial charge is 0.251 e. The van der Waals surface area contributed by atoms with Gasteiger partial charge >= 0.3 is 0 Å². The molecule has 1 N–H and O–H groups in total. The van der Waals surface area contributed by atoms with Gasteiger partial charge in [-0.2, -0.15) is 0 Å². The van der Waals surface area contributed by atoms with Crippen LogP contribution in [-0.4, -0.2) is 67.7 Å². The van der Waals surface area contributed by atoms with E-state index in [1.807, 2.05) is 30.0 Å². The van der Waals surface area contributed by atoms with Gasteiger partial charge in [-0.25, -0.2) is 0 Å². The maximum absolute atomic E-state index is 12.6. The van der Waals surface area contributed by atoms with Crippen molar-refractivity contribution >= 4 is 11.8 Å². The van der Waals surface area contributed by atoms with E-state index >= 15 is 0 Å². The molecule has 2 aromatic carbocycles. The van der Waals surface area contributed by atoms with E-state index in [9.17, 15) is 9.59 Å². The molecule has 30 heavy (non-hydrogen) atoms. The van der Waals surface area contributed by atoms with Crippen molar-refractivity contribution in [1.82, 2.24) is 15.1 Å². The summed E-state index contributed by atoms with van der Waals surface area (Å²) in [4.78, 5) is 29.1. The molecule has 0 atom stereocenters. The Morgan fingerprint density at radius 3 is 2.60 bits per heavy atom. The van der Waals surface area contributed by atoms with Gasteiger partial charge in [0.1, 0.15) is 0 Å². The van der Waals surface area contributed by atoms with Crippen LogP contribution >= 0.6 is 0 Å². The number of nitrogens with one attached hydrogen (secondary N) is 1. The first-order chi connectivity index (χ1) is 14.6. The SMILES string of the molecule is Cc1cccc(CC(=O)N2CCN(CCNC(=O)c3ccc4c(c3)OCO4)CC2)c1.